The fraction of sp³-hybridized carbons (Fsp3) is 0.692. The fourth-order valence-corrected chi connectivity index (χ4v) is 3.83. The Morgan fingerprint density at radius 3 is 2.36 bits per heavy atom. The van der Waals surface area contributed by atoms with Gasteiger partial charge in [-0.2, -0.15) is 9.40 Å². The minimum atomic E-state index is -3.44. The molecule has 0 radical (unpaired) electrons. The zero-order valence-electron chi connectivity index (χ0n) is 13.1. The molecule has 1 aromatic rings. The third-order valence-electron chi connectivity index (χ3n) is 3.23. The molecule has 1 aliphatic rings. The summed E-state index contributed by atoms with van der Waals surface area (Å²) in [6.07, 6.45) is 2.96. The standard InChI is InChI=1S/C11H20N4O2S.C2H4O2/c1-9(2)15-11(3-6-13-15)18(16,17)14-7-4-10(12)5-8-14;1-2(3)4/h3,6,9-10H,4-5,7-8,12H2,1-2H3;1H3,(H,3,4). The minimum Gasteiger partial charge on any atom is -0.481 e. The lowest BCUT2D eigenvalue weighted by Crippen LogP contribution is -2.43. The summed E-state index contributed by atoms with van der Waals surface area (Å²) in [4.78, 5) is 9.00. The monoisotopic (exact) mass is 332 g/mol. The van der Waals surface area contributed by atoms with E-state index in [-0.39, 0.29) is 17.1 Å². The summed E-state index contributed by atoms with van der Waals surface area (Å²) >= 11 is 0. The van der Waals surface area contributed by atoms with Gasteiger partial charge in [0.15, 0.2) is 5.03 Å². The molecule has 0 bridgehead atoms. The van der Waals surface area contributed by atoms with Crippen LogP contribution in [0.4, 0.5) is 0 Å². The van der Waals surface area contributed by atoms with Gasteiger partial charge in [-0.05, 0) is 32.8 Å². The molecule has 1 aliphatic heterocycles. The van der Waals surface area contributed by atoms with Crippen LogP contribution < -0.4 is 5.73 Å². The molecule has 0 spiro atoms. The third-order valence-corrected chi connectivity index (χ3v) is 5.12. The Bertz CT molecular complexity index is 585. The number of hydrogen-bond acceptors (Lipinski definition) is 5. The lowest BCUT2D eigenvalue weighted by Gasteiger charge is -2.29. The van der Waals surface area contributed by atoms with Crippen molar-refractivity contribution >= 4 is 16.0 Å². The summed E-state index contributed by atoms with van der Waals surface area (Å²) in [5, 5.41) is 11.8. The van der Waals surface area contributed by atoms with E-state index in [0.717, 1.165) is 19.8 Å². The van der Waals surface area contributed by atoms with E-state index in [1.165, 1.54) is 10.5 Å². The average molecular weight is 332 g/mol. The number of aliphatic carboxylic acids is 1. The van der Waals surface area contributed by atoms with Gasteiger partial charge >= 0.3 is 0 Å². The van der Waals surface area contributed by atoms with Crippen molar-refractivity contribution < 1.29 is 18.3 Å². The Hall–Kier alpha value is -1.45. The van der Waals surface area contributed by atoms with E-state index in [2.05, 4.69) is 5.10 Å². The molecule has 0 aromatic carbocycles. The minimum absolute atomic E-state index is 0.0248. The van der Waals surface area contributed by atoms with E-state index in [4.69, 9.17) is 15.6 Å². The Morgan fingerprint density at radius 2 is 1.91 bits per heavy atom. The van der Waals surface area contributed by atoms with E-state index in [1.807, 2.05) is 13.8 Å². The molecule has 0 atom stereocenters. The third kappa shape index (κ3) is 4.79. The normalized spacial score (nSPS) is 17.1. The lowest BCUT2D eigenvalue weighted by molar-refractivity contribution is -0.134. The smallest absolute Gasteiger partial charge is 0.300 e. The van der Waals surface area contributed by atoms with Crippen molar-refractivity contribution in [3.05, 3.63) is 12.3 Å². The molecule has 0 unspecified atom stereocenters. The van der Waals surface area contributed by atoms with Crippen LogP contribution in [0.15, 0.2) is 17.3 Å². The number of sulfonamides is 1. The Labute approximate surface area is 131 Å². The van der Waals surface area contributed by atoms with Crippen LogP contribution in [-0.2, 0) is 14.8 Å². The molecule has 3 N–H and O–H groups in total. The van der Waals surface area contributed by atoms with E-state index < -0.39 is 16.0 Å². The number of nitrogens with two attached hydrogens (primary N) is 1. The van der Waals surface area contributed by atoms with Crippen LogP contribution in [0.5, 0.6) is 0 Å². The van der Waals surface area contributed by atoms with Gasteiger partial charge in [-0.15, -0.1) is 0 Å². The first-order chi connectivity index (χ1) is 10.2. The number of rotatable bonds is 3. The molecule has 22 heavy (non-hydrogen) atoms. The highest BCUT2D eigenvalue weighted by atomic mass is 32.2. The first-order valence-electron chi connectivity index (χ1n) is 7.15. The predicted molar refractivity (Wildman–Crippen MR) is 81.9 cm³/mol. The molecule has 1 fully saturated rings. The zero-order valence-corrected chi connectivity index (χ0v) is 14.0. The molecule has 9 heteroatoms. The maximum atomic E-state index is 12.5. The van der Waals surface area contributed by atoms with Crippen molar-refractivity contribution in [2.75, 3.05) is 13.1 Å². The summed E-state index contributed by atoms with van der Waals surface area (Å²) in [5.41, 5.74) is 5.80. The van der Waals surface area contributed by atoms with Crippen molar-refractivity contribution in [2.45, 2.75) is 50.7 Å². The van der Waals surface area contributed by atoms with Crippen LogP contribution >= 0.6 is 0 Å². The number of aromatic nitrogens is 2. The quantitative estimate of drug-likeness (QED) is 0.839. The van der Waals surface area contributed by atoms with Crippen LogP contribution in [0.25, 0.3) is 0 Å². The Kier molecular flexibility index (Phi) is 6.51. The molecular formula is C13H24N4O4S. The van der Waals surface area contributed by atoms with Crippen LogP contribution in [0, 0.1) is 0 Å². The summed E-state index contributed by atoms with van der Waals surface area (Å²) in [6, 6.07) is 1.70. The number of hydrogen-bond donors (Lipinski definition) is 2. The Morgan fingerprint density at radius 1 is 1.41 bits per heavy atom. The van der Waals surface area contributed by atoms with Crippen LogP contribution in [0.2, 0.25) is 0 Å². The molecule has 1 aromatic heterocycles. The van der Waals surface area contributed by atoms with Gasteiger partial charge in [-0.3, -0.25) is 9.48 Å². The molecule has 1 saturated heterocycles. The van der Waals surface area contributed by atoms with Gasteiger partial charge in [0.05, 0.1) is 6.20 Å². The van der Waals surface area contributed by atoms with Crippen molar-refractivity contribution in [1.82, 2.24) is 14.1 Å². The summed E-state index contributed by atoms with van der Waals surface area (Å²) in [7, 11) is -3.44. The second-order valence-corrected chi connectivity index (χ2v) is 7.35. The molecule has 0 saturated carbocycles. The maximum absolute atomic E-state index is 12.5. The van der Waals surface area contributed by atoms with Gasteiger partial charge < -0.3 is 10.8 Å². The highest BCUT2D eigenvalue weighted by Crippen LogP contribution is 2.21. The molecule has 2 heterocycles. The summed E-state index contributed by atoms with van der Waals surface area (Å²) < 4.78 is 28.1. The second-order valence-electron chi connectivity index (χ2n) is 5.47. The molecular weight excluding hydrogens is 308 g/mol. The first-order valence-corrected chi connectivity index (χ1v) is 8.59. The molecule has 0 amide bonds. The van der Waals surface area contributed by atoms with Gasteiger partial charge in [-0.1, -0.05) is 0 Å². The zero-order chi connectivity index (χ0) is 16.9. The van der Waals surface area contributed by atoms with Crippen molar-refractivity contribution in [3.63, 3.8) is 0 Å². The average Bonchev–Trinajstić information content (AvgIpc) is 2.88. The fourth-order valence-electron chi connectivity index (χ4n) is 2.14. The van der Waals surface area contributed by atoms with Gasteiger partial charge in [0.1, 0.15) is 0 Å². The SMILES string of the molecule is CC(=O)O.CC(C)n1nccc1S(=O)(=O)N1CCC(N)CC1. The number of carboxylic acid groups (broad SMARTS) is 1. The van der Waals surface area contributed by atoms with Crippen molar-refractivity contribution in [1.29, 1.82) is 0 Å². The molecule has 8 nitrogen and oxygen atoms in total. The number of nitrogens with zero attached hydrogens (tertiary/aromatic N) is 3. The van der Waals surface area contributed by atoms with Crippen molar-refractivity contribution in [2.24, 2.45) is 5.73 Å². The van der Waals surface area contributed by atoms with E-state index in [1.54, 1.807) is 10.7 Å². The van der Waals surface area contributed by atoms with Crippen molar-refractivity contribution in [3.8, 4) is 0 Å². The van der Waals surface area contributed by atoms with Gasteiger partial charge in [0, 0.05) is 32.1 Å². The van der Waals surface area contributed by atoms with Crippen LogP contribution in [0.3, 0.4) is 0 Å². The molecule has 2 rings (SSSR count). The first kappa shape index (κ1) is 18.6. The largest absolute Gasteiger partial charge is 0.481 e. The van der Waals surface area contributed by atoms with E-state index >= 15 is 0 Å². The van der Waals surface area contributed by atoms with E-state index in [9.17, 15) is 8.42 Å². The van der Waals surface area contributed by atoms with Crippen LogP contribution in [-0.4, -0.2) is 52.7 Å². The maximum Gasteiger partial charge on any atom is 0.300 e. The number of piperidine rings is 1. The van der Waals surface area contributed by atoms with Crippen LogP contribution in [0.1, 0.15) is 39.7 Å². The summed E-state index contributed by atoms with van der Waals surface area (Å²) in [5.74, 6) is -0.833. The Balaban J connectivity index is 0.000000541. The van der Waals surface area contributed by atoms with Gasteiger partial charge in [0.25, 0.3) is 16.0 Å². The lowest BCUT2D eigenvalue weighted by atomic mass is 10.1. The number of carboxylic acids is 1. The van der Waals surface area contributed by atoms with Gasteiger partial charge in [0.2, 0.25) is 0 Å². The van der Waals surface area contributed by atoms with E-state index in [0.29, 0.717) is 13.1 Å². The highest BCUT2D eigenvalue weighted by Gasteiger charge is 2.31. The second kappa shape index (κ2) is 7.70. The molecule has 0 aliphatic carbocycles. The molecule has 126 valence electrons. The number of carbonyl (C=O) groups is 1. The highest BCUT2D eigenvalue weighted by molar-refractivity contribution is 7.89. The summed E-state index contributed by atoms with van der Waals surface area (Å²) in [6.45, 7) is 5.90. The topological polar surface area (TPSA) is 119 Å². The predicted octanol–water partition coefficient (Wildman–Crippen LogP) is 0.667. The van der Waals surface area contributed by atoms with Gasteiger partial charge in [-0.25, -0.2) is 8.42 Å².